The molecular weight excluding hydrogens is 429 g/mol. The minimum absolute atomic E-state index is 0.202. The van der Waals surface area contributed by atoms with Gasteiger partial charge < -0.3 is 9.30 Å². The van der Waals surface area contributed by atoms with Crippen molar-refractivity contribution in [3.8, 4) is 0 Å². The lowest BCUT2D eigenvalue weighted by Crippen LogP contribution is -2.11. The van der Waals surface area contributed by atoms with E-state index in [1.807, 2.05) is 40.8 Å². The van der Waals surface area contributed by atoms with Gasteiger partial charge in [0.05, 0.1) is 5.69 Å². The standard InChI is InChI=1S/C20H22INO3/c21-14-25-20(24)11-10-17-16-8-4-5-9-18(16)22(19(17)13-23)12-15-6-2-1-3-7-15/h1-3,6-7,13H,4-5,8-12,14H2. The summed E-state index contributed by atoms with van der Waals surface area (Å²) in [5, 5.41) is 0. The van der Waals surface area contributed by atoms with E-state index in [0.29, 0.717) is 24.0 Å². The number of carbonyl (C=O) groups excluding carboxylic acids is 2. The van der Waals surface area contributed by atoms with Gasteiger partial charge in [-0.15, -0.1) is 0 Å². The normalized spacial score (nSPS) is 13.3. The van der Waals surface area contributed by atoms with Crippen molar-refractivity contribution in [1.82, 2.24) is 4.57 Å². The van der Waals surface area contributed by atoms with Crippen molar-refractivity contribution >= 4 is 34.8 Å². The highest BCUT2D eigenvalue weighted by Crippen LogP contribution is 2.31. The molecule has 1 aromatic carbocycles. The molecule has 0 saturated heterocycles. The quantitative estimate of drug-likeness (QED) is 0.276. The topological polar surface area (TPSA) is 48.3 Å². The van der Waals surface area contributed by atoms with E-state index in [-0.39, 0.29) is 5.97 Å². The SMILES string of the molecule is O=Cc1c(CCC(=O)OCI)c2c(n1Cc1ccccc1)CCCC2. The minimum Gasteiger partial charge on any atom is -0.455 e. The van der Waals surface area contributed by atoms with Crippen molar-refractivity contribution in [1.29, 1.82) is 0 Å². The molecule has 0 aliphatic heterocycles. The van der Waals surface area contributed by atoms with Crippen LogP contribution < -0.4 is 0 Å². The molecule has 132 valence electrons. The third kappa shape index (κ3) is 4.14. The fourth-order valence-electron chi connectivity index (χ4n) is 3.70. The Kier molecular flexibility index (Phi) is 6.29. The van der Waals surface area contributed by atoms with Gasteiger partial charge in [0, 0.05) is 18.7 Å². The van der Waals surface area contributed by atoms with Crippen LogP contribution in [0.2, 0.25) is 0 Å². The average Bonchev–Trinajstić information content (AvgIpc) is 2.94. The Balaban J connectivity index is 1.94. The number of aromatic nitrogens is 1. The molecule has 1 aliphatic rings. The zero-order chi connectivity index (χ0) is 17.6. The first-order chi connectivity index (χ1) is 12.2. The average molecular weight is 451 g/mol. The highest BCUT2D eigenvalue weighted by atomic mass is 127. The van der Waals surface area contributed by atoms with Crippen molar-refractivity contribution in [2.45, 2.75) is 45.1 Å². The summed E-state index contributed by atoms with van der Waals surface area (Å²) in [6, 6.07) is 10.2. The molecular formula is C20H22INO3. The van der Waals surface area contributed by atoms with Crippen molar-refractivity contribution < 1.29 is 14.3 Å². The summed E-state index contributed by atoms with van der Waals surface area (Å²) in [6.45, 7) is 0.704. The number of esters is 1. The molecule has 2 aromatic rings. The Morgan fingerprint density at radius 1 is 1.20 bits per heavy atom. The number of hydrogen-bond donors (Lipinski definition) is 0. The predicted molar refractivity (Wildman–Crippen MR) is 105 cm³/mol. The smallest absolute Gasteiger partial charge is 0.306 e. The number of aldehydes is 1. The number of halogens is 1. The van der Waals surface area contributed by atoms with Crippen LogP contribution in [0.25, 0.3) is 0 Å². The highest BCUT2D eigenvalue weighted by molar-refractivity contribution is 14.1. The highest BCUT2D eigenvalue weighted by Gasteiger charge is 2.24. The van der Waals surface area contributed by atoms with Gasteiger partial charge in [0.25, 0.3) is 0 Å². The van der Waals surface area contributed by atoms with Gasteiger partial charge in [0.1, 0.15) is 4.61 Å². The van der Waals surface area contributed by atoms with Gasteiger partial charge in [-0.05, 0) is 71.4 Å². The third-order valence-corrected chi connectivity index (χ3v) is 5.13. The first kappa shape index (κ1) is 18.2. The van der Waals surface area contributed by atoms with E-state index in [0.717, 1.165) is 43.2 Å². The Bertz CT molecular complexity index is 752. The lowest BCUT2D eigenvalue weighted by atomic mass is 9.92. The largest absolute Gasteiger partial charge is 0.455 e. The summed E-state index contributed by atoms with van der Waals surface area (Å²) in [5.74, 6) is -0.202. The molecule has 0 spiro atoms. The van der Waals surface area contributed by atoms with Crippen LogP contribution in [0.1, 0.15) is 52.1 Å². The maximum absolute atomic E-state index is 11.9. The minimum atomic E-state index is -0.202. The van der Waals surface area contributed by atoms with Gasteiger partial charge in [-0.3, -0.25) is 9.59 Å². The number of fused-ring (bicyclic) bond motifs is 1. The van der Waals surface area contributed by atoms with Crippen LogP contribution in [-0.4, -0.2) is 21.4 Å². The number of ether oxygens (including phenoxy) is 1. The van der Waals surface area contributed by atoms with Crippen LogP contribution in [-0.2, 0) is 35.3 Å². The Hall–Kier alpha value is -1.63. The second kappa shape index (κ2) is 8.65. The number of hydrogen-bond acceptors (Lipinski definition) is 3. The second-order valence-corrected chi connectivity index (χ2v) is 6.93. The van der Waals surface area contributed by atoms with Crippen LogP contribution in [0.3, 0.4) is 0 Å². The fourth-order valence-corrected chi connectivity index (χ4v) is 4.04. The summed E-state index contributed by atoms with van der Waals surface area (Å²) in [7, 11) is 0. The number of benzene rings is 1. The molecule has 0 unspecified atom stereocenters. The lowest BCUT2D eigenvalue weighted by Gasteiger charge is -2.16. The molecule has 4 nitrogen and oxygen atoms in total. The molecule has 0 N–H and O–H groups in total. The molecule has 0 atom stereocenters. The van der Waals surface area contributed by atoms with E-state index in [2.05, 4.69) is 16.7 Å². The summed E-state index contributed by atoms with van der Waals surface area (Å²) < 4.78 is 7.56. The number of nitrogens with zero attached hydrogens (tertiary/aromatic N) is 1. The molecule has 3 rings (SSSR count). The van der Waals surface area contributed by atoms with Crippen LogP contribution >= 0.6 is 22.6 Å². The molecule has 25 heavy (non-hydrogen) atoms. The van der Waals surface area contributed by atoms with Gasteiger partial charge in [-0.2, -0.15) is 0 Å². The second-order valence-electron chi connectivity index (χ2n) is 6.31. The first-order valence-corrected chi connectivity index (χ1v) is 10.2. The van der Waals surface area contributed by atoms with Gasteiger partial charge in [-0.25, -0.2) is 0 Å². The number of carbonyl (C=O) groups is 2. The van der Waals surface area contributed by atoms with Crippen molar-refractivity contribution in [2.75, 3.05) is 4.61 Å². The summed E-state index contributed by atoms with van der Waals surface area (Å²) in [4.78, 5) is 23.6. The molecule has 1 aromatic heterocycles. The maximum atomic E-state index is 11.9. The predicted octanol–water partition coefficient (Wildman–Crippen LogP) is 4.10. The molecule has 0 saturated carbocycles. The molecule has 0 amide bonds. The summed E-state index contributed by atoms with van der Waals surface area (Å²) in [6.07, 6.45) is 6.15. The van der Waals surface area contributed by atoms with Crippen LogP contribution in [0, 0.1) is 0 Å². The van der Waals surface area contributed by atoms with Gasteiger partial charge >= 0.3 is 5.97 Å². The molecule has 0 fully saturated rings. The monoisotopic (exact) mass is 451 g/mol. The molecule has 1 heterocycles. The van der Waals surface area contributed by atoms with E-state index in [1.54, 1.807) is 0 Å². The van der Waals surface area contributed by atoms with Crippen LogP contribution in [0.4, 0.5) is 0 Å². The zero-order valence-corrected chi connectivity index (χ0v) is 16.3. The van der Waals surface area contributed by atoms with E-state index < -0.39 is 0 Å². The van der Waals surface area contributed by atoms with Crippen LogP contribution in [0.15, 0.2) is 30.3 Å². The summed E-state index contributed by atoms with van der Waals surface area (Å²) in [5.41, 5.74) is 5.52. The summed E-state index contributed by atoms with van der Waals surface area (Å²) >= 11 is 2.02. The Morgan fingerprint density at radius 2 is 1.96 bits per heavy atom. The lowest BCUT2D eigenvalue weighted by molar-refractivity contribution is -0.140. The number of rotatable bonds is 7. The number of alkyl halides is 1. The van der Waals surface area contributed by atoms with Crippen molar-refractivity contribution in [2.24, 2.45) is 0 Å². The molecule has 5 heteroatoms. The maximum Gasteiger partial charge on any atom is 0.306 e. The molecule has 1 aliphatic carbocycles. The van der Waals surface area contributed by atoms with E-state index in [4.69, 9.17) is 4.74 Å². The molecule has 0 bridgehead atoms. The van der Waals surface area contributed by atoms with Crippen LogP contribution in [0.5, 0.6) is 0 Å². The third-order valence-electron chi connectivity index (χ3n) is 4.82. The fraction of sp³-hybridized carbons (Fsp3) is 0.400. The molecule has 0 radical (unpaired) electrons. The van der Waals surface area contributed by atoms with Crippen molar-refractivity contribution in [3.63, 3.8) is 0 Å². The Labute approximate surface area is 161 Å². The Morgan fingerprint density at radius 3 is 2.68 bits per heavy atom. The van der Waals surface area contributed by atoms with Gasteiger partial charge in [0.2, 0.25) is 0 Å². The van der Waals surface area contributed by atoms with E-state index in [1.165, 1.54) is 16.8 Å². The van der Waals surface area contributed by atoms with Crippen molar-refractivity contribution in [3.05, 3.63) is 58.4 Å². The van der Waals surface area contributed by atoms with E-state index in [9.17, 15) is 9.59 Å². The first-order valence-electron chi connectivity index (χ1n) is 8.68. The zero-order valence-electron chi connectivity index (χ0n) is 14.2. The van der Waals surface area contributed by atoms with E-state index >= 15 is 0 Å². The van der Waals surface area contributed by atoms with Gasteiger partial charge in [0.15, 0.2) is 6.29 Å². The van der Waals surface area contributed by atoms with Gasteiger partial charge in [-0.1, -0.05) is 30.3 Å².